The number of benzene rings is 2. The Hall–Kier alpha value is -2.48. The first kappa shape index (κ1) is 24.2. The van der Waals surface area contributed by atoms with Gasteiger partial charge in [-0.2, -0.15) is 0 Å². The Labute approximate surface area is 197 Å². The number of aromatic hydroxyl groups is 1. The molecule has 0 bridgehead atoms. The predicted molar refractivity (Wildman–Crippen MR) is 124 cm³/mol. The maximum absolute atomic E-state index is 12.6. The zero-order chi connectivity index (χ0) is 23.1. The van der Waals surface area contributed by atoms with Crippen LogP contribution in [0.25, 0.3) is 0 Å². The van der Waals surface area contributed by atoms with Crippen molar-refractivity contribution in [1.82, 2.24) is 4.90 Å². The van der Waals surface area contributed by atoms with E-state index in [0.717, 1.165) is 25.9 Å². The number of phenols is 1. The van der Waals surface area contributed by atoms with Gasteiger partial charge < -0.3 is 19.9 Å². The van der Waals surface area contributed by atoms with Crippen LogP contribution >= 0.6 is 23.2 Å². The zero-order valence-corrected chi connectivity index (χ0v) is 19.3. The lowest BCUT2D eigenvalue weighted by Gasteiger charge is -2.25. The summed E-state index contributed by atoms with van der Waals surface area (Å²) in [5.41, 5.74) is 1.23. The van der Waals surface area contributed by atoms with Gasteiger partial charge in [0.25, 0.3) is 0 Å². The minimum absolute atomic E-state index is 0.0716. The first-order chi connectivity index (χ1) is 15.3. The molecule has 0 atom stereocenters. The molecular formula is C23H26Cl2N2O5. The number of ether oxygens (including phenoxy) is 2. The number of hydrogen-bond donors (Lipinski definition) is 2. The number of piperidine rings is 1. The Morgan fingerprint density at radius 1 is 1.12 bits per heavy atom. The van der Waals surface area contributed by atoms with E-state index in [4.69, 9.17) is 32.7 Å². The van der Waals surface area contributed by atoms with Crippen molar-refractivity contribution in [3.05, 3.63) is 51.5 Å². The molecule has 1 aliphatic rings. The van der Waals surface area contributed by atoms with Gasteiger partial charge in [-0.1, -0.05) is 29.6 Å². The first-order valence-electron chi connectivity index (χ1n) is 10.5. The van der Waals surface area contributed by atoms with E-state index in [2.05, 4.69) is 10.2 Å². The second-order valence-electron chi connectivity index (χ2n) is 7.59. The van der Waals surface area contributed by atoms with Crippen molar-refractivity contribution < 1.29 is 24.2 Å². The predicted octanol–water partition coefficient (Wildman–Crippen LogP) is 4.88. The highest BCUT2D eigenvalue weighted by Crippen LogP contribution is 2.32. The van der Waals surface area contributed by atoms with Crippen molar-refractivity contribution in [3.63, 3.8) is 0 Å². The number of carbonyl (C=O) groups is 2. The van der Waals surface area contributed by atoms with E-state index in [-0.39, 0.29) is 35.2 Å². The third kappa shape index (κ3) is 6.76. The van der Waals surface area contributed by atoms with E-state index in [0.29, 0.717) is 22.8 Å². The molecule has 0 aliphatic carbocycles. The summed E-state index contributed by atoms with van der Waals surface area (Å²) in [4.78, 5) is 26.4. The van der Waals surface area contributed by atoms with Crippen molar-refractivity contribution in [2.75, 3.05) is 31.6 Å². The highest BCUT2D eigenvalue weighted by Gasteiger charge is 2.18. The van der Waals surface area contributed by atoms with E-state index in [1.165, 1.54) is 31.5 Å². The zero-order valence-electron chi connectivity index (χ0n) is 17.8. The number of likely N-dealkylation sites (tertiary alicyclic amines) is 1. The number of rotatable bonds is 8. The number of esters is 2. The number of phenolic OH excluding ortho intramolecular Hbond substituents is 1. The SMILES string of the molecule is CC(=O)Oc1cc(NCc2cc(Cl)cc(Cl)c2O)ccc1C(=O)OCCN1CCCCC1. The summed E-state index contributed by atoms with van der Waals surface area (Å²) in [6.07, 6.45) is 3.57. The van der Waals surface area contributed by atoms with Crippen LogP contribution in [0.3, 0.4) is 0 Å². The second-order valence-corrected chi connectivity index (χ2v) is 8.44. The molecule has 7 nitrogen and oxygen atoms in total. The highest BCUT2D eigenvalue weighted by atomic mass is 35.5. The molecular weight excluding hydrogens is 455 g/mol. The molecule has 0 aromatic heterocycles. The fourth-order valence-corrected chi connectivity index (χ4v) is 4.06. The van der Waals surface area contributed by atoms with Crippen LogP contribution in [0.5, 0.6) is 11.5 Å². The van der Waals surface area contributed by atoms with Gasteiger partial charge in [-0.05, 0) is 50.2 Å². The van der Waals surface area contributed by atoms with Gasteiger partial charge in [0.2, 0.25) is 0 Å². The van der Waals surface area contributed by atoms with Gasteiger partial charge in [0.05, 0.1) is 5.02 Å². The summed E-state index contributed by atoms with van der Waals surface area (Å²) in [7, 11) is 0. The smallest absolute Gasteiger partial charge is 0.341 e. The van der Waals surface area contributed by atoms with Gasteiger partial charge in [0, 0.05) is 42.4 Å². The van der Waals surface area contributed by atoms with Crippen molar-refractivity contribution in [3.8, 4) is 11.5 Å². The molecule has 0 unspecified atom stereocenters. The normalized spacial score (nSPS) is 14.1. The molecule has 0 spiro atoms. The number of halogens is 2. The van der Waals surface area contributed by atoms with Crippen LogP contribution in [0.1, 0.15) is 42.1 Å². The second kappa shape index (κ2) is 11.4. The largest absolute Gasteiger partial charge is 0.506 e. The molecule has 3 rings (SSSR count). The molecule has 2 N–H and O–H groups in total. The summed E-state index contributed by atoms with van der Waals surface area (Å²) in [5.74, 6) is -1.08. The van der Waals surface area contributed by atoms with Crippen LogP contribution in [-0.2, 0) is 16.1 Å². The van der Waals surface area contributed by atoms with Crippen LogP contribution in [0.4, 0.5) is 5.69 Å². The van der Waals surface area contributed by atoms with Crippen LogP contribution in [0.15, 0.2) is 30.3 Å². The molecule has 32 heavy (non-hydrogen) atoms. The van der Waals surface area contributed by atoms with E-state index >= 15 is 0 Å². The van der Waals surface area contributed by atoms with Crippen LogP contribution in [0, 0.1) is 0 Å². The molecule has 1 saturated heterocycles. The van der Waals surface area contributed by atoms with E-state index in [1.807, 2.05) is 0 Å². The lowest BCUT2D eigenvalue weighted by molar-refractivity contribution is -0.131. The average Bonchev–Trinajstić information content (AvgIpc) is 2.75. The number of nitrogens with one attached hydrogen (secondary N) is 1. The van der Waals surface area contributed by atoms with Gasteiger partial charge in [-0.25, -0.2) is 4.79 Å². The third-order valence-electron chi connectivity index (χ3n) is 5.13. The van der Waals surface area contributed by atoms with Crippen molar-refractivity contribution in [2.24, 2.45) is 0 Å². The minimum Gasteiger partial charge on any atom is -0.506 e. The molecule has 9 heteroatoms. The lowest BCUT2D eigenvalue weighted by Crippen LogP contribution is -2.33. The number of anilines is 1. The van der Waals surface area contributed by atoms with Gasteiger partial charge in [-0.3, -0.25) is 9.69 Å². The average molecular weight is 481 g/mol. The number of carbonyl (C=O) groups excluding carboxylic acids is 2. The van der Waals surface area contributed by atoms with Gasteiger partial charge in [0.15, 0.2) is 0 Å². The maximum Gasteiger partial charge on any atom is 0.341 e. The molecule has 2 aromatic rings. The molecule has 1 aliphatic heterocycles. The summed E-state index contributed by atoms with van der Waals surface area (Å²) in [5, 5.41) is 13.7. The maximum atomic E-state index is 12.6. The molecule has 1 fully saturated rings. The molecule has 1 heterocycles. The van der Waals surface area contributed by atoms with Crippen LogP contribution in [-0.4, -0.2) is 48.2 Å². The quantitative estimate of drug-likeness (QED) is 0.411. The molecule has 0 radical (unpaired) electrons. The van der Waals surface area contributed by atoms with Crippen molar-refractivity contribution >= 4 is 40.8 Å². The monoisotopic (exact) mass is 480 g/mol. The summed E-state index contributed by atoms with van der Waals surface area (Å²) < 4.78 is 10.6. The lowest BCUT2D eigenvalue weighted by atomic mass is 10.1. The molecule has 172 valence electrons. The fraction of sp³-hybridized carbons (Fsp3) is 0.391. The van der Waals surface area contributed by atoms with E-state index < -0.39 is 11.9 Å². The molecule has 2 aromatic carbocycles. The number of nitrogens with zero attached hydrogens (tertiary/aromatic N) is 1. The first-order valence-corrected chi connectivity index (χ1v) is 11.2. The molecule has 0 saturated carbocycles. The Balaban J connectivity index is 1.66. The Kier molecular flexibility index (Phi) is 8.61. The Morgan fingerprint density at radius 2 is 1.88 bits per heavy atom. The Bertz CT molecular complexity index is 977. The van der Waals surface area contributed by atoms with Gasteiger partial charge in [-0.15, -0.1) is 0 Å². The van der Waals surface area contributed by atoms with Crippen molar-refractivity contribution in [1.29, 1.82) is 0 Å². The fourth-order valence-electron chi connectivity index (χ4n) is 3.52. The standard InChI is InChI=1S/C23H26Cl2N2O5/c1-15(28)32-21-13-18(26-14-16-11-17(24)12-20(25)22(16)29)5-6-19(21)23(30)31-10-9-27-7-3-2-4-8-27/h5-6,11-13,26,29H,2-4,7-10,14H2,1H3. The minimum atomic E-state index is -0.552. The Morgan fingerprint density at radius 3 is 2.59 bits per heavy atom. The topological polar surface area (TPSA) is 88.1 Å². The third-order valence-corrected chi connectivity index (χ3v) is 5.64. The summed E-state index contributed by atoms with van der Waals surface area (Å²) in [6.45, 7) is 4.46. The molecule has 0 amide bonds. The van der Waals surface area contributed by atoms with Crippen molar-refractivity contribution in [2.45, 2.75) is 32.7 Å². The van der Waals surface area contributed by atoms with Gasteiger partial charge in [0.1, 0.15) is 23.7 Å². The van der Waals surface area contributed by atoms with Crippen LogP contribution in [0.2, 0.25) is 10.0 Å². The summed E-state index contributed by atoms with van der Waals surface area (Å²) in [6, 6.07) is 7.78. The number of hydrogen-bond acceptors (Lipinski definition) is 7. The summed E-state index contributed by atoms with van der Waals surface area (Å²) >= 11 is 12.0. The van der Waals surface area contributed by atoms with E-state index in [1.54, 1.807) is 12.1 Å². The highest BCUT2D eigenvalue weighted by molar-refractivity contribution is 6.35. The van der Waals surface area contributed by atoms with Gasteiger partial charge >= 0.3 is 11.9 Å². The van der Waals surface area contributed by atoms with E-state index in [9.17, 15) is 14.7 Å². The van der Waals surface area contributed by atoms with Crippen LogP contribution < -0.4 is 10.1 Å².